The zero-order valence-corrected chi connectivity index (χ0v) is 13.9. The molecule has 0 saturated heterocycles. The molecule has 0 aliphatic heterocycles. The molecule has 114 valence electrons. The van der Waals surface area contributed by atoms with E-state index < -0.39 is 10.0 Å². The van der Waals surface area contributed by atoms with Gasteiger partial charge < -0.3 is 5.73 Å². The molecule has 1 aromatic rings. The fourth-order valence-corrected chi connectivity index (χ4v) is 3.98. The first-order chi connectivity index (χ1) is 9.31. The molecule has 0 aliphatic rings. The summed E-state index contributed by atoms with van der Waals surface area (Å²) in [5.74, 6) is 0. The Morgan fingerprint density at radius 2 is 1.95 bits per heavy atom. The Bertz CT molecular complexity index is 562. The summed E-state index contributed by atoms with van der Waals surface area (Å²) in [5, 5.41) is 0.470. The van der Waals surface area contributed by atoms with Gasteiger partial charge in [0, 0.05) is 17.6 Å². The van der Waals surface area contributed by atoms with E-state index in [9.17, 15) is 8.42 Å². The van der Waals surface area contributed by atoms with Gasteiger partial charge in [-0.05, 0) is 31.0 Å². The van der Waals surface area contributed by atoms with Gasteiger partial charge in [0.2, 0.25) is 10.0 Å². The number of hydrogen-bond acceptors (Lipinski definition) is 3. The molecule has 0 bridgehead atoms. The first kappa shape index (κ1) is 17.7. The van der Waals surface area contributed by atoms with Gasteiger partial charge in [-0.25, -0.2) is 13.1 Å². The van der Waals surface area contributed by atoms with Gasteiger partial charge in [0.15, 0.2) is 0 Å². The minimum Gasteiger partial charge on any atom is -0.326 e. The molecule has 0 amide bonds. The Kier molecular flexibility index (Phi) is 6.75. The van der Waals surface area contributed by atoms with Crippen LogP contribution >= 0.6 is 23.2 Å². The molecule has 1 aromatic carbocycles. The van der Waals surface area contributed by atoms with Crippen LogP contribution in [0.25, 0.3) is 0 Å². The molecule has 0 aliphatic carbocycles. The van der Waals surface area contributed by atoms with Crippen molar-refractivity contribution in [3.63, 3.8) is 0 Å². The number of nitrogens with one attached hydrogen (secondary N) is 1. The van der Waals surface area contributed by atoms with Crippen molar-refractivity contribution >= 4 is 33.2 Å². The second-order valence-electron chi connectivity index (χ2n) is 4.74. The van der Waals surface area contributed by atoms with E-state index in [1.165, 1.54) is 12.1 Å². The summed E-state index contributed by atoms with van der Waals surface area (Å²) in [6.07, 6.45) is 2.77. The molecular weight excluding hydrogens is 319 g/mol. The summed E-state index contributed by atoms with van der Waals surface area (Å²) in [5.41, 5.74) is 6.09. The molecule has 7 heteroatoms. The van der Waals surface area contributed by atoms with Crippen molar-refractivity contribution in [2.45, 2.75) is 50.6 Å². The van der Waals surface area contributed by atoms with E-state index in [0.29, 0.717) is 10.6 Å². The number of halogens is 2. The largest absolute Gasteiger partial charge is 0.326 e. The van der Waals surface area contributed by atoms with E-state index in [0.717, 1.165) is 19.3 Å². The highest BCUT2D eigenvalue weighted by Gasteiger charge is 2.21. The summed E-state index contributed by atoms with van der Waals surface area (Å²) in [6.45, 7) is 4.05. The standard InChI is InChI=1S/C13H20Cl2N2O2S/c1-3-4-5-9(2)17-20(18,19)13-6-10(8-16)11(14)7-12(13)15/h6-7,9,17H,3-5,8,16H2,1-2H3. The van der Waals surface area contributed by atoms with Crippen LogP contribution in [0.4, 0.5) is 0 Å². The number of rotatable bonds is 7. The number of nitrogens with two attached hydrogens (primary N) is 1. The number of sulfonamides is 1. The van der Waals surface area contributed by atoms with E-state index in [2.05, 4.69) is 11.6 Å². The summed E-state index contributed by atoms with van der Waals surface area (Å²) in [6, 6.07) is 2.70. The number of benzene rings is 1. The average molecular weight is 339 g/mol. The van der Waals surface area contributed by atoms with E-state index in [1.807, 2.05) is 6.92 Å². The molecule has 20 heavy (non-hydrogen) atoms. The van der Waals surface area contributed by atoms with Gasteiger partial charge in [-0.2, -0.15) is 0 Å². The Hall–Kier alpha value is -0.330. The molecule has 0 heterocycles. The molecular formula is C13H20Cl2N2O2S. The summed E-state index contributed by atoms with van der Waals surface area (Å²) in [7, 11) is -3.67. The summed E-state index contributed by atoms with van der Waals surface area (Å²) >= 11 is 11.9. The van der Waals surface area contributed by atoms with Crippen molar-refractivity contribution in [2.24, 2.45) is 5.73 Å². The zero-order chi connectivity index (χ0) is 15.3. The van der Waals surface area contributed by atoms with Crippen LogP contribution in [0.2, 0.25) is 10.0 Å². The topological polar surface area (TPSA) is 72.2 Å². The first-order valence-electron chi connectivity index (χ1n) is 6.52. The molecule has 0 saturated carbocycles. The second kappa shape index (κ2) is 7.61. The predicted octanol–water partition coefficient (Wildman–Crippen LogP) is 3.31. The molecule has 1 unspecified atom stereocenters. The van der Waals surface area contributed by atoms with Crippen LogP contribution in [-0.2, 0) is 16.6 Å². The van der Waals surface area contributed by atoms with Crippen LogP contribution in [0.5, 0.6) is 0 Å². The summed E-state index contributed by atoms with van der Waals surface area (Å²) in [4.78, 5) is 0.0207. The Balaban J connectivity index is 3.03. The molecule has 0 spiro atoms. The normalized spacial score (nSPS) is 13.4. The van der Waals surface area contributed by atoms with Gasteiger partial charge in [0.25, 0.3) is 0 Å². The maximum atomic E-state index is 12.3. The van der Waals surface area contributed by atoms with Gasteiger partial charge in [0.1, 0.15) is 4.90 Å². The monoisotopic (exact) mass is 338 g/mol. The predicted molar refractivity (Wildman–Crippen MR) is 83.7 cm³/mol. The van der Waals surface area contributed by atoms with E-state index in [1.54, 1.807) is 0 Å². The highest BCUT2D eigenvalue weighted by atomic mass is 35.5. The fraction of sp³-hybridized carbons (Fsp3) is 0.538. The maximum Gasteiger partial charge on any atom is 0.242 e. The van der Waals surface area contributed by atoms with Gasteiger partial charge in [-0.3, -0.25) is 0 Å². The van der Waals surface area contributed by atoms with Crippen molar-refractivity contribution in [3.05, 3.63) is 27.7 Å². The lowest BCUT2D eigenvalue weighted by Gasteiger charge is -2.15. The molecule has 1 rings (SSSR count). The fourth-order valence-electron chi connectivity index (χ4n) is 1.83. The maximum absolute atomic E-state index is 12.3. The molecule has 4 nitrogen and oxygen atoms in total. The van der Waals surface area contributed by atoms with E-state index >= 15 is 0 Å². The molecule has 1 atom stereocenters. The quantitative estimate of drug-likeness (QED) is 0.800. The van der Waals surface area contributed by atoms with Gasteiger partial charge in [-0.1, -0.05) is 43.0 Å². The molecule has 0 radical (unpaired) electrons. The average Bonchev–Trinajstić information content (AvgIpc) is 2.35. The van der Waals surface area contributed by atoms with Crippen molar-refractivity contribution < 1.29 is 8.42 Å². The third-order valence-corrected chi connectivity index (χ3v) is 5.36. The van der Waals surface area contributed by atoms with Crippen molar-refractivity contribution in [3.8, 4) is 0 Å². The van der Waals surface area contributed by atoms with Gasteiger partial charge in [-0.15, -0.1) is 0 Å². The minimum atomic E-state index is -3.67. The Morgan fingerprint density at radius 1 is 1.30 bits per heavy atom. The van der Waals surface area contributed by atoms with Crippen LogP contribution in [0.3, 0.4) is 0 Å². The zero-order valence-electron chi connectivity index (χ0n) is 11.6. The Labute approximate surface area is 130 Å². The minimum absolute atomic E-state index is 0.0207. The third kappa shape index (κ3) is 4.60. The lowest BCUT2D eigenvalue weighted by molar-refractivity contribution is 0.534. The highest BCUT2D eigenvalue weighted by molar-refractivity contribution is 7.89. The third-order valence-electron chi connectivity index (χ3n) is 2.96. The smallest absolute Gasteiger partial charge is 0.242 e. The van der Waals surface area contributed by atoms with E-state index in [4.69, 9.17) is 28.9 Å². The summed E-state index contributed by atoms with van der Waals surface area (Å²) < 4.78 is 27.3. The van der Waals surface area contributed by atoms with Crippen molar-refractivity contribution in [1.82, 2.24) is 4.72 Å². The van der Waals surface area contributed by atoms with Gasteiger partial charge >= 0.3 is 0 Å². The van der Waals surface area contributed by atoms with Crippen molar-refractivity contribution in [1.29, 1.82) is 0 Å². The lowest BCUT2D eigenvalue weighted by Crippen LogP contribution is -2.32. The second-order valence-corrected chi connectivity index (χ2v) is 7.24. The highest BCUT2D eigenvalue weighted by Crippen LogP contribution is 2.28. The van der Waals surface area contributed by atoms with Crippen molar-refractivity contribution in [2.75, 3.05) is 0 Å². The molecule has 3 N–H and O–H groups in total. The van der Waals surface area contributed by atoms with Crippen LogP contribution in [0, 0.1) is 0 Å². The van der Waals surface area contributed by atoms with Crippen LogP contribution < -0.4 is 10.5 Å². The van der Waals surface area contributed by atoms with Crippen LogP contribution in [0.15, 0.2) is 17.0 Å². The molecule has 0 aromatic heterocycles. The first-order valence-corrected chi connectivity index (χ1v) is 8.76. The Morgan fingerprint density at radius 3 is 2.50 bits per heavy atom. The molecule has 0 fully saturated rings. The number of hydrogen-bond donors (Lipinski definition) is 2. The van der Waals surface area contributed by atoms with Crippen LogP contribution in [-0.4, -0.2) is 14.5 Å². The van der Waals surface area contributed by atoms with E-state index in [-0.39, 0.29) is 22.5 Å². The van der Waals surface area contributed by atoms with Gasteiger partial charge in [0.05, 0.1) is 5.02 Å². The lowest BCUT2D eigenvalue weighted by atomic mass is 10.2. The SMILES string of the molecule is CCCCC(C)NS(=O)(=O)c1cc(CN)c(Cl)cc1Cl. The van der Waals surface area contributed by atoms with Crippen LogP contribution in [0.1, 0.15) is 38.7 Å². The number of unbranched alkanes of at least 4 members (excludes halogenated alkanes) is 1.